The number of amides is 1. The minimum atomic E-state index is -0.501. The van der Waals surface area contributed by atoms with Crippen LogP contribution in [0.25, 0.3) is 0 Å². The van der Waals surface area contributed by atoms with Crippen molar-refractivity contribution in [2.24, 2.45) is 5.73 Å². The van der Waals surface area contributed by atoms with Crippen LogP contribution in [0.5, 0.6) is 0 Å². The van der Waals surface area contributed by atoms with Gasteiger partial charge in [0, 0.05) is 5.69 Å². The van der Waals surface area contributed by atoms with Crippen LogP contribution in [0.2, 0.25) is 0 Å². The van der Waals surface area contributed by atoms with Crippen molar-refractivity contribution in [2.75, 3.05) is 5.32 Å². The Balaban J connectivity index is 1.89. The monoisotopic (exact) mass is 262 g/mol. The highest BCUT2D eigenvalue weighted by Gasteiger charge is 2.15. The number of benzene rings is 1. The molecule has 0 aliphatic heterocycles. The molecule has 0 radical (unpaired) electrons. The fraction of sp³-hybridized carbons (Fsp3) is 0.533. The summed E-state index contributed by atoms with van der Waals surface area (Å²) in [5.74, 6) is -0.172. The van der Waals surface area contributed by atoms with E-state index in [9.17, 15) is 4.79 Å². The van der Waals surface area contributed by atoms with E-state index in [4.69, 9.17) is 10.5 Å². The zero-order chi connectivity index (χ0) is 13.7. The van der Waals surface area contributed by atoms with Gasteiger partial charge in [0.2, 0.25) is 5.91 Å². The van der Waals surface area contributed by atoms with Crippen LogP contribution >= 0.6 is 0 Å². The number of hydrogen-bond acceptors (Lipinski definition) is 3. The van der Waals surface area contributed by atoms with E-state index in [-0.39, 0.29) is 5.91 Å². The molecule has 1 aromatic carbocycles. The van der Waals surface area contributed by atoms with Gasteiger partial charge in [0.15, 0.2) is 0 Å². The van der Waals surface area contributed by atoms with Gasteiger partial charge in [-0.25, -0.2) is 0 Å². The van der Waals surface area contributed by atoms with Gasteiger partial charge in [-0.05, 0) is 37.5 Å². The van der Waals surface area contributed by atoms with Crippen LogP contribution < -0.4 is 11.1 Å². The van der Waals surface area contributed by atoms with E-state index in [0.29, 0.717) is 12.7 Å². The van der Waals surface area contributed by atoms with Gasteiger partial charge in [0.05, 0.1) is 18.8 Å². The normalized spacial score (nSPS) is 17.4. The fourth-order valence-corrected chi connectivity index (χ4v) is 2.26. The van der Waals surface area contributed by atoms with Crippen LogP contribution in [0, 0.1) is 0 Å². The quantitative estimate of drug-likeness (QED) is 0.856. The topological polar surface area (TPSA) is 64.4 Å². The van der Waals surface area contributed by atoms with Crippen molar-refractivity contribution < 1.29 is 9.53 Å². The van der Waals surface area contributed by atoms with Gasteiger partial charge in [-0.15, -0.1) is 0 Å². The van der Waals surface area contributed by atoms with Crippen molar-refractivity contribution in [3.63, 3.8) is 0 Å². The smallest absolute Gasteiger partial charge is 0.240 e. The lowest BCUT2D eigenvalue weighted by Gasteiger charge is -2.12. The molecule has 0 aromatic heterocycles. The molecule has 1 aliphatic carbocycles. The Hall–Kier alpha value is -1.39. The molecule has 2 rings (SSSR count). The van der Waals surface area contributed by atoms with Crippen molar-refractivity contribution in [2.45, 2.75) is 51.4 Å². The van der Waals surface area contributed by atoms with Crippen molar-refractivity contribution in [1.29, 1.82) is 0 Å². The molecule has 1 fully saturated rings. The number of rotatable bonds is 5. The van der Waals surface area contributed by atoms with E-state index in [1.807, 2.05) is 24.3 Å². The third kappa shape index (κ3) is 4.33. The number of ether oxygens (including phenoxy) is 1. The summed E-state index contributed by atoms with van der Waals surface area (Å²) in [7, 11) is 0. The predicted octanol–water partition coefficient (Wildman–Crippen LogP) is 2.43. The van der Waals surface area contributed by atoms with Gasteiger partial charge in [0.1, 0.15) is 0 Å². The third-order valence-corrected chi connectivity index (χ3v) is 3.40. The van der Waals surface area contributed by atoms with Crippen LogP contribution in [0.4, 0.5) is 5.69 Å². The minimum absolute atomic E-state index is 0.172. The Bertz CT molecular complexity index is 426. The molecule has 0 unspecified atom stereocenters. The lowest BCUT2D eigenvalue weighted by molar-refractivity contribution is -0.117. The van der Waals surface area contributed by atoms with Crippen molar-refractivity contribution >= 4 is 11.6 Å². The van der Waals surface area contributed by atoms with Crippen molar-refractivity contribution in [3.8, 4) is 0 Å². The summed E-state index contributed by atoms with van der Waals surface area (Å²) in [5, 5.41) is 2.79. The first kappa shape index (κ1) is 14.0. The number of nitrogens with one attached hydrogen (secondary N) is 1. The largest absolute Gasteiger partial charge is 0.374 e. The SMILES string of the molecule is C[C@H](N)C(=O)Nc1cccc(COC2CCCC2)c1. The summed E-state index contributed by atoms with van der Waals surface area (Å²) in [6.07, 6.45) is 5.29. The van der Waals surface area contributed by atoms with Gasteiger partial charge in [-0.1, -0.05) is 25.0 Å². The molecule has 4 nitrogen and oxygen atoms in total. The zero-order valence-electron chi connectivity index (χ0n) is 11.4. The molecule has 104 valence electrons. The first-order valence-electron chi connectivity index (χ1n) is 6.92. The summed E-state index contributed by atoms with van der Waals surface area (Å²) in [6, 6.07) is 7.23. The number of hydrogen-bond donors (Lipinski definition) is 2. The number of anilines is 1. The maximum atomic E-state index is 11.5. The standard InChI is InChI=1S/C15H22N2O2/c1-11(16)15(18)17-13-6-4-5-12(9-13)10-19-14-7-2-3-8-14/h4-6,9,11,14H,2-3,7-8,10,16H2,1H3,(H,17,18)/t11-/m0/s1. The van der Waals surface area contributed by atoms with E-state index in [1.54, 1.807) is 6.92 Å². The van der Waals surface area contributed by atoms with E-state index < -0.39 is 6.04 Å². The molecule has 1 amide bonds. The van der Waals surface area contributed by atoms with E-state index >= 15 is 0 Å². The Morgan fingerprint density at radius 3 is 2.89 bits per heavy atom. The molecule has 0 saturated heterocycles. The first-order valence-corrected chi connectivity index (χ1v) is 6.92. The Morgan fingerprint density at radius 2 is 2.21 bits per heavy atom. The molecule has 4 heteroatoms. The third-order valence-electron chi connectivity index (χ3n) is 3.40. The average Bonchev–Trinajstić information content (AvgIpc) is 2.90. The summed E-state index contributed by atoms with van der Waals surface area (Å²) in [4.78, 5) is 11.5. The van der Waals surface area contributed by atoms with Crippen LogP contribution in [0.3, 0.4) is 0 Å². The maximum Gasteiger partial charge on any atom is 0.240 e. The molecule has 1 aliphatic rings. The minimum Gasteiger partial charge on any atom is -0.374 e. The number of carbonyl (C=O) groups is 1. The highest BCUT2D eigenvalue weighted by atomic mass is 16.5. The summed E-state index contributed by atoms with van der Waals surface area (Å²) >= 11 is 0. The molecular weight excluding hydrogens is 240 g/mol. The van der Waals surface area contributed by atoms with Crippen molar-refractivity contribution in [3.05, 3.63) is 29.8 Å². The molecule has 0 spiro atoms. The lowest BCUT2D eigenvalue weighted by Crippen LogP contribution is -2.32. The molecule has 3 N–H and O–H groups in total. The Labute approximate surface area is 114 Å². The highest BCUT2D eigenvalue weighted by Crippen LogP contribution is 2.22. The van der Waals surface area contributed by atoms with E-state index in [1.165, 1.54) is 25.7 Å². The van der Waals surface area contributed by atoms with Crippen molar-refractivity contribution in [1.82, 2.24) is 0 Å². The Morgan fingerprint density at radius 1 is 1.47 bits per heavy atom. The van der Waals surface area contributed by atoms with E-state index in [0.717, 1.165) is 11.3 Å². The summed E-state index contributed by atoms with van der Waals surface area (Å²) in [6.45, 7) is 2.27. The summed E-state index contributed by atoms with van der Waals surface area (Å²) in [5.41, 5.74) is 7.38. The predicted molar refractivity (Wildman–Crippen MR) is 75.8 cm³/mol. The second kappa shape index (κ2) is 6.68. The molecule has 0 bridgehead atoms. The van der Waals surface area contributed by atoms with Gasteiger partial charge in [-0.2, -0.15) is 0 Å². The molecule has 19 heavy (non-hydrogen) atoms. The van der Waals surface area contributed by atoms with Crippen LogP contribution in [-0.2, 0) is 16.1 Å². The molecule has 1 saturated carbocycles. The molecule has 0 heterocycles. The molecular formula is C15H22N2O2. The number of carbonyl (C=O) groups excluding carboxylic acids is 1. The second-order valence-electron chi connectivity index (χ2n) is 5.20. The second-order valence-corrected chi connectivity index (χ2v) is 5.20. The van der Waals surface area contributed by atoms with Crippen LogP contribution in [0.1, 0.15) is 38.2 Å². The van der Waals surface area contributed by atoms with Crippen LogP contribution in [-0.4, -0.2) is 18.1 Å². The van der Waals surface area contributed by atoms with Gasteiger partial charge in [0.25, 0.3) is 0 Å². The maximum absolute atomic E-state index is 11.5. The highest BCUT2D eigenvalue weighted by molar-refractivity contribution is 5.94. The number of nitrogens with two attached hydrogens (primary N) is 1. The first-order chi connectivity index (χ1) is 9.15. The van der Waals surface area contributed by atoms with E-state index in [2.05, 4.69) is 5.32 Å². The lowest BCUT2D eigenvalue weighted by atomic mass is 10.2. The van der Waals surface area contributed by atoms with Gasteiger partial charge >= 0.3 is 0 Å². The fourth-order valence-electron chi connectivity index (χ4n) is 2.26. The Kier molecular flexibility index (Phi) is 4.93. The average molecular weight is 262 g/mol. The molecule has 1 atom stereocenters. The van der Waals surface area contributed by atoms with Gasteiger partial charge in [-0.3, -0.25) is 4.79 Å². The van der Waals surface area contributed by atoms with Gasteiger partial charge < -0.3 is 15.8 Å². The van der Waals surface area contributed by atoms with Crippen LogP contribution in [0.15, 0.2) is 24.3 Å². The summed E-state index contributed by atoms with van der Waals surface area (Å²) < 4.78 is 5.86. The zero-order valence-corrected chi connectivity index (χ0v) is 11.4. The molecule has 1 aromatic rings.